The summed E-state index contributed by atoms with van der Waals surface area (Å²) in [6.07, 6.45) is 0.0864. The van der Waals surface area contributed by atoms with Gasteiger partial charge >= 0.3 is 0 Å². The summed E-state index contributed by atoms with van der Waals surface area (Å²) in [5.74, 6) is -0.874. The molecule has 2 aromatic rings. The van der Waals surface area contributed by atoms with Crippen LogP contribution in [0, 0.1) is 19.7 Å². The molecule has 0 spiro atoms. The van der Waals surface area contributed by atoms with Crippen molar-refractivity contribution < 1.29 is 14.0 Å². The van der Waals surface area contributed by atoms with Crippen molar-refractivity contribution in [2.24, 2.45) is 0 Å². The van der Waals surface area contributed by atoms with Crippen molar-refractivity contribution in [3.8, 4) is 0 Å². The molecular formula is C18H17FN2O2. The van der Waals surface area contributed by atoms with E-state index < -0.39 is 6.04 Å². The van der Waals surface area contributed by atoms with E-state index in [9.17, 15) is 14.0 Å². The van der Waals surface area contributed by atoms with Crippen LogP contribution in [0.1, 0.15) is 17.5 Å². The summed E-state index contributed by atoms with van der Waals surface area (Å²) in [6, 6.07) is 10.6. The first-order chi connectivity index (χ1) is 11.0. The third kappa shape index (κ3) is 2.95. The van der Waals surface area contributed by atoms with E-state index in [-0.39, 0.29) is 24.1 Å². The molecule has 0 unspecified atom stereocenters. The molecule has 1 fully saturated rings. The highest BCUT2D eigenvalue weighted by molar-refractivity contribution is 6.23. The van der Waals surface area contributed by atoms with Crippen LogP contribution < -0.4 is 10.2 Å². The molecule has 5 heteroatoms. The van der Waals surface area contributed by atoms with Gasteiger partial charge in [0, 0.05) is 5.69 Å². The highest BCUT2D eigenvalue weighted by Crippen LogP contribution is 2.26. The monoisotopic (exact) mass is 312 g/mol. The summed E-state index contributed by atoms with van der Waals surface area (Å²) < 4.78 is 12.9. The van der Waals surface area contributed by atoms with Gasteiger partial charge in [-0.3, -0.25) is 9.59 Å². The molecule has 1 aliphatic rings. The van der Waals surface area contributed by atoms with Gasteiger partial charge in [0.2, 0.25) is 5.91 Å². The minimum atomic E-state index is -0.630. The molecule has 1 saturated heterocycles. The standard InChI is InChI=1S/C18H17FN2O2/c1-11-3-8-15(9-12(11)2)21-17(22)10-16(18(21)23)20-14-6-4-13(19)5-7-14/h3-9,16,20H,10H2,1-2H3/t16-/m1/s1. The Labute approximate surface area is 133 Å². The van der Waals surface area contributed by atoms with Gasteiger partial charge in [-0.15, -0.1) is 0 Å². The van der Waals surface area contributed by atoms with Crippen LogP contribution in [0.15, 0.2) is 42.5 Å². The predicted octanol–water partition coefficient (Wildman–Crippen LogP) is 3.19. The quantitative estimate of drug-likeness (QED) is 0.886. The van der Waals surface area contributed by atoms with Crippen LogP contribution in [0.4, 0.5) is 15.8 Å². The number of amides is 2. The molecule has 4 nitrogen and oxygen atoms in total. The number of rotatable bonds is 3. The van der Waals surface area contributed by atoms with E-state index in [0.29, 0.717) is 11.4 Å². The van der Waals surface area contributed by atoms with Gasteiger partial charge in [0.05, 0.1) is 12.1 Å². The number of aryl methyl sites for hydroxylation is 2. The average Bonchev–Trinajstić information content (AvgIpc) is 2.79. The Kier molecular flexibility index (Phi) is 3.86. The van der Waals surface area contributed by atoms with E-state index in [2.05, 4.69) is 5.32 Å². The van der Waals surface area contributed by atoms with E-state index in [4.69, 9.17) is 0 Å². The summed E-state index contributed by atoms with van der Waals surface area (Å²) in [4.78, 5) is 26.0. The first kappa shape index (κ1) is 15.2. The maximum atomic E-state index is 12.9. The third-order valence-corrected chi connectivity index (χ3v) is 4.08. The van der Waals surface area contributed by atoms with Crippen molar-refractivity contribution in [2.75, 3.05) is 10.2 Å². The Morgan fingerprint density at radius 1 is 1.04 bits per heavy atom. The van der Waals surface area contributed by atoms with Crippen LogP contribution >= 0.6 is 0 Å². The zero-order chi connectivity index (χ0) is 16.6. The van der Waals surface area contributed by atoms with Crippen LogP contribution in [0.2, 0.25) is 0 Å². The largest absolute Gasteiger partial charge is 0.373 e. The zero-order valence-electron chi connectivity index (χ0n) is 13.0. The van der Waals surface area contributed by atoms with Crippen molar-refractivity contribution in [3.05, 3.63) is 59.4 Å². The van der Waals surface area contributed by atoms with Gasteiger partial charge in [-0.25, -0.2) is 9.29 Å². The van der Waals surface area contributed by atoms with Gasteiger partial charge in [-0.05, 0) is 61.4 Å². The molecule has 1 N–H and O–H groups in total. The third-order valence-electron chi connectivity index (χ3n) is 4.08. The average molecular weight is 312 g/mol. The highest BCUT2D eigenvalue weighted by Gasteiger charge is 2.39. The Bertz CT molecular complexity index is 771. The normalized spacial score (nSPS) is 17.7. The van der Waals surface area contributed by atoms with Gasteiger partial charge in [-0.1, -0.05) is 6.07 Å². The summed E-state index contributed by atoms with van der Waals surface area (Å²) in [5, 5.41) is 3.00. The van der Waals surface area contributed by atoms with Crippen LogP contribution in [0.5, 0.6) is 0 Å². The van der Waals surface area contributed by atoms with E-state index in [0.717, 1.165) is 11.1 Å². The first-order valence-corrected chi connectivity index (χ1v) is 7.42. The predicted molar refractivity (Wildman–Crippen MR) is 86.8 cm³/mol. The molecule has 118 valence electrons. The lowest BCUT2D eigenvalue weighted by Crippen LogP contribution is -2.34. The van der Waals surface area contributed by atoms with Crippen LogP contribution in [0.3, 0.4) is 0 Å². The maximum Gasteiger partial charge on any atom is 0.256 e. The van der Waals surface area contributed by atoms with Crippen molar-refractivity contribution in [1.82, 2.24) is 0 Å². The number of hydrogen-bond acceptors (Lipinski definition) is 3. The number of hydrogen-bond donors (Lipinski definition) is 1. The van der Waals surface area contributed by atoms with Gasteiger partial charge in [0.15, 0.2) is 0 Å². The highest BCUT2D eigenvalue weighted by atomic mass is 19.1. The van der Waals surface area contributed by atoms with E-state index in [1.807, 2.05) is 26.0 Å². The van der Waals surface area contributed by atoms with Crippen molar-refractivity contribution in [2.45, 2.75) is 26.3 Å². The number of carbonyl (C=O) groups is 2. The Morgan fingerprint density at radius 2 is 1.74 bits per heavy atom. The summed E-state index contributed by atoms with van der Waals surface area (Å²) in [7, 11) is 0. The topological polar surface area (TPSA) is 49.4 Å². The first-order valence-electron chi connectivity index (χ1n) is 7.42. The number of carbonyl (C=O) groups excluding carboxylic acids is 2. The van der Waals surface area contributed by atoms with Crippen molar-refractivity contribution in [3.63, 3.8) is 0 Å². The lowest BCUT2D eigenvalue weighted by molar-refractivity contribution is -0.121. The van der Waals surface area contributed by atoms with Crippen LogP contribution in [-0.2, 0) is 9.59 Å². The smallest absolute Gasteiger partial charge is 0.256 e. The SMILES string of the molecule is Cc1ccc(N2C(=O)C[C@@H](Nc3ccc(F)cc3)C2=O)cc1C. The number of halogens is 1. The molecule has 3 rings (SSSR count). The second-order valence-corrected chi connectivity index (χ2v) is 5.74. The number of nitrogens with zero attached hydrogens (tertiary/aromatic N) is 1. The fourth-order valence-corrected chi connectivity index (χ4v) is 2.63. The van der Waals surface area contributed by atoms with E-state index in [1.165, 1.54) is 17.0 Å². The van der Waals surface area contributed by atoms with Crippen molar-refractivity contribution in [1.29, 1.82) is 0 Å². The molecule has 1 atom stereocenters. The molecule has 1 aliphatic heterocycles. The lowest BCUT2D eigenvalue weighted by Gasteiger charge is -2.17. The summed E-state index contributed by atoms with van der Waals surface area (Å²) in [6.45, 7) is 3.92. The minimum absolute atomic E-state index is 0.0864. The fourth-order valence-electron chi connectivity index (χ4n) is 2.63. The van der Waals surface area contributed by atoms with Gasteiger partial charge in [-0.2, -0.15) is 0 Å². The van der Waals surface area contributed by atoms with Crippen molar-refractivity contribution >= 4 is 23.2 Å². The summed E-state index contributed by atoms with van der Waals surface area (Å²) in [5.41, 5.74) is 3.33. The number of imide groups is 1. The van der Waals surface area contributed by atoms with E-state index >= 15 is 0 Å². The van der Waals surface area contributed by atoms with Gasteiger partial charge < -0.3 is 5.32 Å². The molecule has 23 heavy (non-hydrogen) atoms. The maximum absolute atomic E-state index is 12.9. The molecule has 0 radical (unpaired) electrons. The molecule has 0 saturated carbocycles. The zero-order valence-corrected chi connectivity index (χ0v) is 13.0. The lowest BCUT2D eigenvalue weighted by atomic mass is 10.1. The minimum Gasteiger partial charge on any atom is -0.373 e. The molecular weight excluding hydrogens is 295 g/mol. The molecule has 2 amide bonds. The Hall–Kier alpha value is -2.69. The number of anilines is 2. The Balaban J connectivity index is 1.82. The molecule has 1 heterocycles. The van der Waals surface area contributed by atoms with Crippen LogP contribution in [0.25, 0.3) is 0 Å². The second-order valence-electron chi connectivity index (χ2n) is 5.74. The number of nitrogens with one attached hydrogen (secondary N) is 1. The van der Waals surface area contributed by atoms with Gasteiger partial charge in [0.25, 0.3) is 5.91 Å². The van der Waals surface area contributed by atoms with Crippen LogP contribution in [-0.4, -0.2) is 17.9 Å². The molecule has 0 aliphatic carbocycles. The molecule has 2 aromatic carbocycles. The molecule has 0 bridgehead atoms. The summed E-state index contributed by atoms with van der Waals surface area (Å²) >= 11 is 0. The van der Waals surface area contributed by atoms with Gasteiger partial charge in [0.1, 0.15) is 11.9 Å². The second kappa shape index (κ2) is 5.83. The van der Waals surface area contributed by atoms with E-state index in [1.54, 1.807) is 18.2 Å². The number of benzene rings is 2. The Morgan fingerprint density at radius 3 is 2.39 bits per heavy atom. The fraction of sp³-hybridized carbons (Fsp3) is 0.222. The molecule has 0 aromatic heterocycles.